The number of hydrogen-bond acceptors (Lipinski definition) is 3. The van der Waals surface area contributed by atoms with Crippen LogP contribution >= 0.6 is 0 Å². The summed E-state index contributed by atoms with van der Waals surface area (Å²) >= 11 is 0. The molecule has 4 heteroatoms. The third kappa shape index (κ3) is 8.42. The molecule has 0 spiro atoms. The molecule has 4 nitrogen and oxygen atoms in total. The zero-order valence-electron chi connectivity index (χ0n) is 5.77. The molecule has 0 aromatic carbocycles. The van der Waals surface area contributed by atoms with Crippen molar-refractivity contribution in [1.29, 1.82) is 0 Å². The Kier molecular flexibility index (Phi) is 5.60. The number of carboxylic acid groups (broad SMARTS) is 1. The minimum atomic E-state index is -1.08. The van der Waals surface area contributed by atoms with E-state index in [0.29, 0.717) is 6.29 Å². The summed E-state index contributed by atoms with van der Waals surface area (Å²) in [5, 5.41) is 7.68. The Labute approximate surface area is 63.4 Å². The first kappa shape index (κ1) is 9.42. The topological polar surface area (TPSA) is 67.5 Å². The van der Waals surface area contributed by atoms with Crippen LogP contribution in [0.25, 0.3) is 0 Å². The fourth-order valence-corrected chi connectivity index (χ4v) is 0.298. The molecule has 0 saturated heterocycles. The van der Waals surface area contributed by atoms with E-state index in [2.05, 4.69) is 4.42 Å². The quantitative estimate of drug-likeness (QED) is 0.511. The van der Waals surface area contributed by atoms with Gasteiger partial charge in [-0.15, -0.1) is 0 Å². The largest absolute Gasteiger partial charge is 0.481 e. The number of aliphatic carboxylic acids is 1. The molecule has 0 fully saturated rings. The van der Waals surface area contributed by atoms with Crippen LogP contribution in [0, 0.1) is 0 Å². The molecular weight excluding hydrogens is 148 g/mol. The van der Waals surface area contributed by atoms with Crippen molar-refractivity contribution in [2.24, 2.45) is 0 Å². The number of furan rings is 1. The second-order valence-electron chi connectivity index (χ2n) is 1.56. The van der Waals surface area contributed by atoms with Gasteiger partial charge < -0.3 is 14.3 Å². The molecule has 0 unspecified atom stereocenters. The van der Waals surface area contributed by atoms with Crippen molar-refractivity contribution in [2.45, 2.75) is 6.42 Å². The maximum Gasteiger partial charge on any atom is 0.310 e. The van der Waals surface area contributed by atoms with Crippen molar-refractivity contribution in [1.82, 2.24) is 0 Å². The molecule has 11 heavy (non-hydrogen) atoms. The first-order chi connectivity index (χ1) is 5.27. The molecule has 1 aromatic heterocycles. The SMILES string of the molecule is O=CCC(=O)O.c1ccoc1. The second kappa shape index (κ2) is 6.54. The summed E-state index contributed by atoms with van der Waals surface area (Å²) in [6.07, 6.45) is 3.21. The predicted octanol–water partition coefficient (Wildman–Crippen LogP) is 0.940. The summed E-state index contributed by atoms with van der Waals surface area (Å²) in [7, 11) is 0. The van der Waals surface area contributed by atoms with Gasteiger partial charge in [-0.05, 0) is 12.1 Å². The van der Waals surface area contributed by atoms with Crippen LogP contribution in [0.5, 0.6) is 0 Å². The minimum absolute atomic E-state index is 0.350. The molecule has 1 rings (SSSR count). The summed E-state index contributed by atoms with van der Waals surface area (Å²) in [4.78, 5) is 18.6. The number of carbonyl (C=O) groups is 2. The number of carbonyl (C=O) groups excluding carboxylic acids is 1. The molecule has 1 heterocycles. The average Bonchev–Trinajstić information content (AvgIpc) is 2.41. The summed E-state index contributed by atoms with van der Waals surface area (Å²) in [5.74, 6) is -1.08. The molecule has 0 amide bonds. The van der Waals surface area contributed by atoms with Gasteiger partial charge in [0, 0.05) is 0 Å². The van der Waals surface area contributed by atoms with Crippen LogP contribution in [-0.2, 0) is 9.59 Å². The molecule has 0 radical (unpaired) electrons. The zero-order chi connectivity index (χ0) is 8.53. The molecule has 0 aliphatic carbocycles. The van der Waals surface area contributed by atoms with Crippen molar-refractivity contribution in [2.75, 3.05) is 0 Å². The van der Waals surface area contributed by atoms with E-state index < -0.39 is 5.97 Å². The normalized spacial score (nSPS) is 7.64. The van der Waals surface area contributed by atoms with Gasteiger partial charge in [-0.3, -0.25) is 4.79 Å². The standard InChI is InChI=1S/C4H4O.C3H4O3/c1-2-4-5-3-1;4-2-1-3(5)6/h1-4H;2H,1H2,(H,5,6). The van der Waals surface area contributed by atoms with Gasteiger partial charge >= 0.3 is 5.97 Å². The van der Waals surface area contributed by atoms with Crippen LogP contribution in [0.3, 0.4) is 0 Å². The van der Waals surface area contributed by atoms with Crippen LogP contribution in [0.4, 0.5) is 0 Å². The van der Waals surface area contributed by atoms with E-state index in [0.717, 1.165) is 0 Å². The molecule has 1 aromatic rings. The third-order valence-electron chi connectivity index (χ3n) is 0.683. The average molecular weight is 156 g/mol. The van der Waals surface area contributed by atoms with E-state index in [1.54, 1.807) is 12.5 Å². The fourth-order valence-electron chi connectivity index (χ4n) is 0.298. The Bertz CT molecular complexity index is 173. The van der Waals surface area contributed by atoms with Crippen LogP contribution < -0.4 is 0 Å². The Hall–Kier alpha value is -1.58. The summed E-state index contributed by atoms with van der Waals surface area (Å²) < 4.78 is 4.58. The smallest absolute Gasteiger partial charge is 0.310 e. The van der Waals surface area contributed by atoms with E-state index in [1.807, 2.05) is 12.1 Å². The molecular formula is C7H8O4. The number of aldehydes is 1. The van der Waals surface area contributed by atoms with Crippen LogP contribution in [0.15, 0.2) is 29.1 Å². The zero-order valence-corrected chi connectivity index (χ0v) is 5.77. The highest BCUT2D eigenvalue weighted by Crippen LogP contribution is 1.79. The molecule has 0 bridgehead atoms. The Morgan fingerprint density at radius 1 is 1.45 bits per heavy atom. The number of rotatable bonds is 2. The Balaban J connectivity index is 0.000000183. The molecule has 60 valence electrons. The lowest BCUT2D eigenvalue weighted by atomic mass is 10.5. The molecule has 0 aliphatic heterocycles. The van der Waals surface area contributed by atoms with E-state index in [-0.39, 0.29) is 6.42 Å². The Morgan fingerprint density at radius 2 is 2.00 bits per heavy atom. The van der Waals surface area contributed by atoms with Gasteiger partial charge in [0.05, 0.1) is 12.5 Å². The van der Waals surface area contributed by atoms with Gasteiger partial charge in [0.2, 0.25) is 0 Å². The summed E-state index contributed by atoms with van der Waals surface area (Å²) in [6.45, 7) is 0. The van der Waals surface area contributed by atoms with Gasteiger partial charge in [0.1, 0.15) is 12.7 Å². The van der Waals surface area contributed by atoms with E-state index in [4.69, 9.17) is 5.11 Å². The van der Waals surface area contributed by atoms with Crippen LogP contribution in [0.2, 0.25) is 0 Å². The lowest BCUT2D eigenvalue weighted by Gasteiger charge is -1.71. The van der Waals surface area contributed by atoms with E-state index in [9.17, 15) is 9.59 Å². The predicted molar refractivity (Wildman–Crippen MR) is 37.0 cm³/mol. The first-order valence-corrected chi connectivity index (χ1v) is 2.90. The van der Waals surface area contributed by atoms with Crippen molar-refractivity contribution >= 4 is 12.3 Å². The highest BCUT2D eigenvalue weighted by atomic mass is 16.4. The first-order valence-electron chi connectivity index (χ1n) is 2.90. The van der Waals surface area contributed by atoms with Gasteiger partial charge in [-0.1, -0.05) is 0 Å². The maximum atomic E-state index is 9.37. The van der Waals surface area contributed by atoms with Gasteiger partial charge in [-0.25, -0.2) is 0 Å². The van der Waals surface area contributed by atoms with Crippen molar-refractivity contribution in [3.05, 3.63) is 24.7 Å². The monoisotopic (exact) mass is 156 g/mol. The van der Waals surface area contributed by atoms with Crippen molar-refractivity contribution in [3.8, 4) is 0 Å². The van der Waals surface area contributed by atoms with Gasteiger partial charge in [-0.2, -0.15) is 0 Å². The molecule has 0 aliphatic rings. The van der Waals surface area contributed by atoms with Crippen molar-refractivity contribution in [3.63, 3.8) is 0 Å². The summed E-state index contributed by atoms with van der Waals surface area (Å²) in [5.41, 5.74) is 0. The van der Waals surface area contributed by atoms with Crippen molar-refractivity contribution < 1.29 is 19.1 Å². The van der Waals surface area contributed by atoms with E-state index in [1.165, 1.54) is 0 Å². The van der Waals surface area contributed by atoms with Crippen LogP contribution in [-0.4, -0.2) is 17.4 Å². The molecule has 1 N–H and O–H groups in total. The lowest BCUT2D eigenvalue weighted by molar-refractivity contribution is -0.138. The number of hydrogen-bond donors (Lipinski definition) is 1. The lowest BCUT2D eigenvalue weighted by Crippen LogP contribution is -1.92. The van der Waals surface area contributed by atoms with E-state index >= 15 is 0 Å². The highest BCUT2D eigenvalue weighted by molar-refractivity contribution is 5.81. The number of carboxylic acids is 1. The van der Waals surface area contributed by atoms with Gasteiger partial charge in [0.25, 0.3) is 0 Å². The van der Waals surface area contributed by atoms with Gasteiger partial charge in [0.15, 0.2) is 0 Å². The third-order valence-corrected chi connectivity index (χ3v) is 0.683. The minimum Gasteiger partial charge on any atom is -0.481 e. The Morgan fingerprint density at radius 3 is 2.09 bits per heavy atom. The molecule has 0 saturated carbocycles. The summed E-state index contributed by atoms with van der Waals surface area (Å²) in [6, 6.07) is 3.67. The highest BCUT2D eigenvalue weighted by Gasteiger charge is 1.87. The second-order valence-corrected chi connectivity index (χ2v) is 1.56. The fraction of sp³-hybridized carbons (Fsp3) is 0.143. The maximum absolute atomic E-state index is 9.37. The van der Waals surface area contributed by atoms with Crippen LogP contribution in [0.1, 0.15) is 6.42 Å². The molecule has 0 atom stereocenters.